The summed E-state index contributed by atoms with van der Waals surface area (Å²) in [6.07, 6.45) is 3.73. The number of hydrogen-bond donors (Lipinski definition) is 2. The van der Waals surface area contributed by atoms with Gasteiger partial charge >= 0.3 is 0 Å². The Hall–Kier alpha value is -1.65. The van der Waals surface area contributed by atoms with Crippen LogP contribution in [-0.2, 0) is 0 Å². The van der Waals surface area contributed by atoms with Crippen molar-refractivity contribution in [3.05, 3.63) is 18.3 Å². The van der Waals surface area contributed by atoms with E-state index < -0.39 is 0 Å². The van der Waals surface area contributed by atoms with Crippen molar-refractivity contribution in [2.45, 2.75) is 12.8 Å². The lowest BCUT2D eigenvalue weighted by molar-refractivity contribution is 0.499. The Morgan fingerprint density at radius 2 is 2.47 bits per heavy atom. The van der Waals surface area contributed by atoms with Crippen LogP contribution in [0.1, 0.15) is 12.8 Å². The molecule has 0 amide bonds. The van der Waals surface area contributed by atoms with Crippen LogP contribution in [0.25, 0.3) is 0 Å². The van der Waals surface area contributed by atoms with Gasteiger partial charge in [-0.15, -0.1) is 5.10 Å². The molecule has 1 unspecified atom stereocenters. The molecule has 1 aromatic heterocycles. The zero-order valence-corrected chi connectivity index (χ0v) is 8.56. The number of nitrogens with zero attached hydrogens (tertiary/aromatic N) is 3. The molecule has 0 aromatic carbocycles. The maximum atomic E-state index is 7.46. The van der Waals surface area contributed by atoms with Crippen molar-refractivity contribution < 1.29 is 0 Å². The first-order valence-electron chi connectivity index (χ1n) is 5.14. The molecule has 1 aliphatic rings. The first-order valence-corrected chi connectivity index (χ1v) is 5.14. The average molecular weight is 205 g/mol. The van der Waals surface area contributed by atoms with Gasteiger partial charge in [0, 0.05) is 25.2 Å². The second-order valence-corrected chi connectivity index (χ2v) is 3.82. The van der Waals surface area contributed by atoms with Gasteiger partial charge in [-0.3, -0.25) is 5.41 Å². The van der Waals surface area contributed by atoms with Crippen LogP contribution in [0.3, 0.4) is 0 Å². The Kier molecular flexibility index (Phi) is 2.80. The molecule has 2 rings (SSSR count). The number of anilines is 1. The third-order valence-electron chi connectivity index (χ3n) is 2.74. The highest BCUT2D eigenvalue weighted by Crippen LogP contribution is 2.20. The van der Waals surface area contributed by atoms with Crippen molar-refractivity contribution >= 4 is 11.7 Å². The molecule has 0 aliphatic carbocycles. The van der Waals surface area contributed by atoms with Crippen LogP contribution >= 0.6 is 0 Å². The van der Waals surface area contributed by atoms with Crippen molar-refractivity contribution in [3.63, 3.8) is 0 Å². The van der Waals surface area contributed by atoms with Crippen LogP contribution in [0.15, 0.2) is 18.3 Å². The third kappa shape index (κ3) is 2.23. The summed E-state index contributed by atoms with van der Waals surface area (Å²) in [4.78, 5) is 2.14. The Morgan fingerprint density at radius 3 is 3.13 bits per heavy atom. The Balaban J connectivity index is 2.08. The van der Waals surface area contributed by atoms with E-state index in [2.05, 4.69) is 15.1 Å². The van der Waals surface area contributed by atoms with Crippen LogP contribution in [0, 0.1) is 11.3 Å². The molecule has 0 bridgehead atoms. The first kappa shape index (κ1) is 9.89. The minimum absolute atomic E-state index is 0.167. The van der Waals surface area contributed by atoms with Gasteiger partial charge in [-0.05, 0) is 25.0 Å². The molecule has 3 N–H and O–H groups in total. The predicted molar refractivity (Wildman–Crippen MR) is 58.9 cm³/mol. The van der Waals surface area contributed by atoms with E-state index >= 15 is 0 Å². The summed E-state index contributed by atoms with van der Waals surface area (Å²) in [5.41, 5.74) is 5.53. The fourth-order valence-corrected chi connectivity index (χ4v) is 1.90. The minimum atomic E-state index is 0.167. The SMILES string of the molecule is N=C(N)C1CCCN(c2cccnn2)C1. The normalized spacial score (nSPS) is 21.3. The molecule has 15 heavy (non-hydrogen) atoms. The van der Waals surface area contributed by atoms with Crippen molar-refractivity contribution in [2.75, 3.05) is 18.0 Å². The van der Waals surface area contributed by atoms with Crippen LogP contribution < -0.4 is 10.6 Å². The lowest BCUT2D eigenvalue weighted by Gasteiger charge is -2.32. The summed E-state index contributed by atoms with van der Waals surface area (Å²) in [5.74, 6) is 1.33. The standard InChI is InChI=1S/C10H15N5/c11-10(12)8-3-2-6-15(7-8)9-4-1-5-13-14-9/h1,4-5,8H,2-3,6-7H2,(H3,11,12). The van der Waals surface area contributed by atoms with Crippen molar-refractivity contribution in [1.29, 1.82) is 5.41 Å². The molecule has 1 saturated heterocycles. The number of hydrogen-bond acceptors (Lipinski definition) is 4. The molecule has 1 fully saturated rings. The van der Waals surface area contributed by atoms with Crippen LogP contribution in [0.5, 0.6) is 0 Å². The van der Waals surface area contributed by atoms with E-state index in [1.165, 1.54) is 0 Å². The van der Waals surface area contributed by atoms with Crippen LogP contribution in [0.4, 0.5) is 5.82 Å². The van der Waals surface area contributed by atoms with E-state index in [1.807, 2.05) is 12.1 Å². The van der Waals surface area contributed by atoms with Gasteiger partial charge < -0.3 is 10.6 Å². The summed E-state index contributed by atoms with van der Waals surface area (Å²) >= 11 is 0. The molecular formula is C10H15N5. The summed E-state index contributed by atoms with van der Waals surface area (Å²) in [6.45, 7) is 1.76. The number of rotatable bonds is 2. The molecule has 0 spiro atoms. The monoisotopic (exact) mass is 205 g/mol. The highest BCUT2D eigenvalue weighted by atomic mass is 15.3. The van der Waals surface area contributed by atoms with E-state index in [0.717, 1.165) is 31.7 Å². The van der Waals surface area contributed by atoms with Gasteiger partial charge in [0.2, 0.25) is 0 Å². The molecule has 2 heterocycles. The highest BCUT2D eigenvalue weighted by Gasteiger charge is 2.22. The van der Waals surface area contributed by atoms with E-state index in [-0.39, 0.29) is 11.8 Å². The highest BCUT2D eigenvalue weighted by molar-refractivity contribution is 5.80. The predicted octanol–water partition coefficient (Wildman–Crippen LogP) is 0.629. The van der Waals surface area contributed by atoms with Crippen molar-refractivity contribution in [2.24, 2.45) is 11.7 Å². The smallest absolute Gasteiger partial charge is 0.151 e. The van der Waals surface area contributed by atoms with Gasteiger partial charge in [0.05, 0.1) is 5.84 Å². The fourth-order valence-electron chi connectivity index (χ4n) is 1.90. The second-order valence-electron chi connectivity index (χ2n) is 3.82. The second kappa shape index (κ2) is 4.25. The van der Waals surface area contributed by atoms with Gasteiger partial charge in [0.15, 0.2) is 5.82 Å². The summed E-state index contributed by atoms with van der Waals surface area (Å²) in [6, 6.07) is 3.81. The van der Waals surface area contributed by atoms with Gasteiger partial charge in [0.1, 0.15) is 0 Å². The van der Waals surface area contributed by atoms with E-state index in [4.69, 9.17) is 11.1 Å². The van der Waals surface area contributed by atoms with Gasteiger partial charge in [-0.1, -0.05) is 0 Å². The number of nitrogens with one attached hydrogen (secondary N) is 1. The summed E-state index contributed by atoms with van der Waals surface area (Å²) in [5, 5.41) is 15.4. The molecule has 1 aromatic rings. The fraction of sp³-hybridized carbons (Fsp3) is 0.500. The Bertz CT molecular complexity index is 337. The maximum absolute atomic E-state index is 7.46. The van der Waals surface area contributed by atoms with Gasteiger partial charge in [0.25, 0.3) is 0 Å². The van der Waals surface area contributed by atoms with E-state index in [1.54, 1.807) is 6.20 Å². The van der Waals surface area contributed by atoms with Gasteiger partial charge in [-0.2, -0.15) is 5.10 Å². The number of nitrogens with two attached hydrogens (primary N) is 1. The summed E-state index contributed by atoms with van der Waals surface area (Å²) in [7, 11) is 0. The number of amidine groups is 1. The lowest BCUT2D eigenvalue weighted by Crippen LogP contribution is -2.41. The Labute approximate surface area is 88.8 Å². The zero-order chi connectivity index (χ0) is 10.7. The molecule has 5 nitrogen and oxygen atoms in total. The first-order chi connectivity index (χ1) is 7.27. The molecule has 1 aliphatic heterocycles. The maximum Gasteiger partial charge on any atom is 0.151 e. The van der Waals surface area contributed by atoms with Crippen LogP contribution in [0.2, 0.25) is 0 Å². The van der Waals surface area contributed by atoms with Gasteiger partial charge in [-0.25, -0.2) is 0 Å². The molecule has 0 saturated carbocycles. The largest absolute Gasteiger partial charge is 0.387 e. The molecule has 80 valence electrons. The molecule has 0 radical (unpaired) electrons. The Morgan fingerprint density at radius 1 is 1.60 bits per heavy atom. The third-order valence-corrected chi connectivity index (χ3v) is 2.74. The quantitative estimate of drug-likeness (QED) is 0.548. The molecular weight excluding hydrogens is 190 g/mol. The lowest BCUT2D eigenvalue weighted by atomic mass is 9.97. The zero-order valence-electron chi connectivity index (χ0n) is 8.56. The summed E-state index contributed by atoms with van der Waals surface area (Å²) < 4.78 is 0. The topological polar surface area (TPSA) is 78.9 Å². The molecule has 5 heteroatoms. The van der Waals surface area contributed by atoms with Crippen molar-refractivity contribution in [1.82, 2.24) is 10.2 Å². The van der Waals surface area contributed by atoms with E-state index in [0.29, 0.717) is 0 Å². The van der Waals surface area contributed by atoms with Crippen molar-refractivity contribution in [3.8, 4) is 0 Å². The number of piperidine rings is 1. The average Bonchev–Trinajstić information content (AvgIpc) is 2.30. The minimum Gasteiger partial charge on any atom is -0.387 e. The van der Waals surface area contributed by atoms with E-state index in [9.17, 15) is 0 Å². The van der Waals surface area contributed by atoms with Crippen LogP contribution in [-0.4, -0.2) is 29.1 Å². The number of aromatic nitrogens is 2. The molecule has 1 atom stereocenters.